The van der Waals surface area contributed by atoms with E-state index in [2.05, 4.69) is 54.3 Å². The number of carbonyl (C=O) groups excluding carboxylic acids is 6. The van der Waals surface area contributed by atoms with Crippen molar-refractivity contribution in [1.29, 1.82) is 0 Å². The van der Waals surface area contributed by atoms with E-state index in [0.717, 1.165) is 12.8 Å². The van der Waals surface area contributed by atoms with E-state index in [4.69, 9.17) is 10.5 Å². The molecule has 0 spiro atoms. The first kappa shape index (κ1) is 52.9. The van der Waals surface area contributed by atoms with Gasteiger partial charge >= 0.3 is 5.97 Å². The van der Waals surface area contributed by atoms with Crippen LogP contribution in [-0.4, -0.2) is 77.9 Å². The Labute approximate surface area is 363 Å². The Morgan fingerprint density at radius 2 is 0.933 bits per heavy atom. The number of amides is 5. The molecule has 2 rings (SSSR count). The highest BCUT2D eigenvalue weighted by molar-refractivity contribution is 5.99. The van der Waals surface area contributed by atoms with E-state index < -0.39 is 64.8 Å². The first-order chi connectivity index (χ1) is 27.8. The number of rotatable bonds is 21. The highest BCUT2D eigenvalue weighted by Gasteiger charge is 2.52. The van der Waals surface area contributed by atoms with Crippen molar-refractivity contribution < 1.29 is 33.5 Å². The first-order valence-corrected chi connectivity index (χ1v) is 23.2. The van der Waals surface area contributed by atoms with Crippen LogP contribution in [0, 0.1) is 59.2 Å². The molecule has 13 nitrogen and oxygen atoms in total. The molecule has 10 atom stereocenters. The number of ether oxygens (including phenoxy) is 1. The zero-order valence-corrected chi connectivity index (χ0v) is 40.1. The summed E-state index contributed by atoms with van der Waals surface area (Å²) < 4.78 is 4.99. The largest absolute Gasteiger partial charge is 0.467 e. The fraction of sp³-hybridized carbons (Fsp3) is 0.872. The van der Waals surface area contributed by atoms with Crippen LogP contribution in [0.2, 0.25) is 0 Å². The maximum absolute atomic E-state index is 15.0. The molecule has 0 heterocycles. The second-order valence-electron chi connectivity index (χ2n) is 21.2. The first-order valence-electron chi connectivity index (χ1n) is 23.2. The number of esters is 1. The van der Waals surface area contributed by atoms with E-state index >= 15 is 0 Å². The van der Waals surface area contributed by atoms with E-state index in [1.54, 1.807) is 0 Å². The van der Waals surface area contributed by atoms with Gasteiger partial charge in [0.2, 0.25) is 29.5 Å². The van der Waals surface area contributed by atoms with Gasteiger partial charge in [-0.25, -0.2) is 4.79 Å². The highest BCUT2D eigenvalue weighted by atomic mass is 16.5. The normalized spacial score (nSPS) is 26.7. The molecule has 346 valence electrons. The van der Waals surface area contributed by atoms with Gasteiger partial charge in [0.1, 0.15) is 29.7 Å². The predicted molar refractivity (Wildman–Crippen MR) is 238 cm³/mol. The highest BCUT2D eigenvalue weighted by Crippen LogP contribution is 2.42. The van der Waals surface area contributed by atoms with Gasteiger partial charge in [-0.2, -0.15) is 0 Å². The van der Waals surface area contributed by atoms with Gasteiger partial charge in [-0.1, -0.05) is 96.9 Å². The Kier molecular flexibility index (Phi) is 20.5. The second-order valence-corrected chi connectivity index (χ2v) is 21.2. The molecule has 13 heteroatoms. The van der Waals surface area contributed by atoms with Crippen molar-refractivity contribution >= 4 is 35.5 Å². The van der Waals surface area contributed by atoms with Gasteiger partial charge in [-0.15, -0.1) is 0 Å². The zero-order chi connectivity index (χ0) is 45.9. The fourth-order valence-corrected chi connectivity index (χ4v) is 9.70. The summed E-state index contributed by atoms with van der Waals surface area (Å²) in [6.45, 7) is 28.3. The molecule has 5 amide bonds. The third-order valence-corrected chi connectivity index (χ3v) is 13.0. The molecule has 60 heavy (non-hydrogen) atoms. The van der Waals surface area contributed by atoms with Crippen molar-refractivity contribution in [2.45, 2.75) is 196 Å². The SMILES string of the molecule is COC(=O)[C@H](CC(C)C)NC(=O)[C@H](CC(C)C)NC(=O)[C@]1(NC(=O)[C@H](CC(C)C)NC(=O)[C@H](CC(C)C)NC(=O)[C@]2(N)CC[C@H](C)C[C@H]2C(C)C)CC[C@H](C)C[C@H]1C(C)C. The van der Waals surface area contributed by atoms with Crippen LogP contribution >= 0.6 is 0 Å². The molecule has 2 aliphatic carbocycles. The molecule has 0 aromatic heterocycles. The smallest absolute Gasteiger partial charge is 0.328 e. The van der Waals surface area contributed by atoms with E-state index in [0.29, 0.717) is 56.8 Å². The summed E-state index contributed by atoms with van der Waals surface area (Å²) in [6.07, 6.45) is 5.16. The molecule has 2 fully saturated rings. The molecular formula is C47H86N6O7. The van der Waals surface area contributed by atoms with Crippen LogP contribution < -0.4 is 32.3 Å². The molecule has 0 saturated heterocycles. The van der Waals surface area contributed by atoms with Crippen molar-refractivity contribution in [1.82, 2.24) is 26.6 Å². The van der Waals surface area contributed by atoms with Crippen LogP contribution in [-0.2, 0) is 33.5 Å². The Bertz CT molecular complexity index is 1450. The van der Waals surface area contributed by atoms with Crippen molar-refractivity contribution in [3.05, 3.63) is 0 Å². The minimum absolute atomic E-state index is 0.00714. The minimum Gasteiger partial charge on any atom is -0.467 e. The lowest BCUT2D eigenvalue weighted by Crippen LogP contribution is -2.70. The molecule has 0 bridgehead atoms. The minimum atomic E-state index is -1.39. The summed E-state index contributed by atoms with van der Waals surface area (Å²) in [4.78, 5) is 84.8. The molecule has 2 saturated carbocycles. The quantitative estimate of drug-likeness (QED) is 0.0754. The second kappa shape index (κ2) is 23.3. The van der Waals surface area contributed by atoms with Crippen LogP contribution in [0.3, 0.4) is 0 Å². The molecule has 0 aromatic carbocycles. The molecule has 0 unspecified atom stereocenters. The zero-order valence-electron chi connectivity index (χ0n) is 40.1. The van der Waals surface area contributed by atoms with Gasteiger partial charge in [0, 0.05) is 0 Å². The Hall–Kier alpha value is -3.22. The molecule has 7 N–H and O–H groups in total. The van der Waals surface area contributed by atoms with Crippen LogP contribution in [0.4, 0.5) is 0 Å². The number of hydrogen-bond acceptors (Lipinski definition) is 8. The molecule has 0 aromatic rings. The number of nitrogens with two attached hydrogens (primary N) is 1. The predicted octanol–water partition coefficient (Wildman–Crippen LogP) is 6.02. The standard InChI is InChI=1S/C47H86N6O7/c1-26(2)20-36(51-44(58)46(48)18-16-32(13)24-34(46)30(9)10)40(54)49-38(22-28(5)6)42(56)53-47(19-17-33(14)25-35(47)31(11)12)45(59)52-37(21-27(3)4)41(55)50-39(23-29(7)8)43(57)60-15/h26-39H,16-25,48H2,1-15H3,(H,49,54)(H,50,55)(H,51,58)(H,52,59)(H,53,56)/t32-,33-,34-,35-,36-,37-,38-,39-,46-,47-/m0/s1. The van der Waals surface area contributed by atoms with Crippen molar-refractivity contribution in [2.75, 3.05) is 7.11 Å². The van der Waals surface area contributed by atoms with Gasteiger partial charge in [0.25, 0.3) is 0 Å². The summed E-state index contributed by atoms with van der Waals surface area (Å²) in [7, 11) is 1.28. The summed E-state index contributed by atoms with van der Waals surface area (Å²) in [5, 5.41) is 15.1. The third-order valence-electron chi connectivity index (χ3n) is 13.0. The van der Waals surface area contributed by atoms with Crippen LogP contribution in [0.5, 0.6) is 0 Å². The van der Waals surface area contributed by atoms with Gasteiger partial charge in [0.15, 0.2) is 0 Å². The monoisotopic (exact) mass is 847 g/mol. The lowest BCUT2D eigenvalue weighted by molar-refractivity contribution is -0.146. The summed E-state index contributed by atoms with van der Waals surface area (Å²) in [6, 6.07) is -3.82. The van der Waals surface area contributed by atoms with Gasteiger partial charge in [-0.3, -0.25) is 24.0 Å². The van der Waals surface area contributed by atoms with Gasteiger partial charge < -0.3 is 37.1 Å². The van der Waals surface area contributed by atoms with E-state index in [1.165, 1.54) is 7.11 Å². The number of carbonyl (C=O) groups is 6. The number of nitrogens with one attached hydrogen (secondary N) is 5. The molecule has 2 aliphatic rings. The maximum atomic E-state index is 15.0. The summed E-state index contributed by atoms with van der Waals surface area (Å²) in [5.74, 6) is -2.10. The average molecular weight is 847 g/mol. The van der Waals surface area contributed by atoms with Gasteiger partial charge in [0.05, 0.1) is 12.6 Å². The van der Waals surface area contributed by atoms with E-state index in [9.17, 15) is 28.8 Å². The van der Waals surface area contributed by atoms with E-state index in [1.807, 2.05) is 69.2 Å². The molecule has 0 radical (unpaired) electrons. The van der Waals surface area contributed by atoms with E-state index in [-0.39, 0.29) is 59.7 Å². The summed E-state index contributed by atoms with van der Waals surface area (Å²) in [5.41, 5.74) is 4.44. The maximum Gasteiger partial charge on any atom is 0.328 e. The van der Waals surface area contributed by atoms with Crippen molar-refractivity contribution in [3.8, 4) is 0 Å². The fourth-order valence-electron chi connectivity index (χ4n) is 9.70. The lowest BCUT2D eigenvalue weighted by Gasteiger charge is -2.48. The molecular weight excluding hydrogens is 761 g/mol. The van der Waals surface area contributed by atoms with Crippen LogP contribution in [0.15, 0.2) is 0 Å². The van der Waals surface area contributed by atoms with Crippen molar-refractivity contribution in [2.24, 2.45) is 64.9 Å². The Balaban J connectivity index is 2.53. The number of hydrogen-bond donors (Lipinski definition) is 6. The Morgan fingerprint density at radius 1 is 0.550 bits per heavy atom. The van der Waals surface area contributed by atoms with Crippen LogP contribution in [0.1, 0.15) is 161 Å². The van der Waals surface area contributed by atoms with Crippen molar-refractivity contribution in [3.63, 3.8) is 0 Å². The topological polar surface area (TPSA) is 198 Å². The summed E-state index contributed by atoms with van der Waals surface area (Å²) >= 11 is 0. The van der Waals surface area contributed by atoms with Crippen LogP contribution in [0.25, 0.3) is 0 Å². The average Bonchev–Trinajstić information content (AvgIpc) is 3.13. The lowest BCUT2D eigenvalue weighted by atomic mass is 9.64. The van der Waals surface area contributed by atoms with Gasteiger partial charge in [-0.05, 0) is 123 Å². The third kappa shape index (κ3) is 14.7. The Morgan fingerprint density at radius 3 is 1.37 bits per heavy atom. The molecule has 0 aliphatic heterocycles. The number of methoxy groups -OCH3 is 1.